The topological polar surface area (TPSA) is 149 Å². The molecular weight excluding hydrogens is 881 g/mol. The number of esters is 4. The molecule has 0 amide bonds. The van der Waals surface area contributed by atoms with Gasteiger partial charge in [-0.15, -0.1) is 0 Å². The van der Waals surface area contributed by atoms with Crippen molar-refractivity contribution in [2.24, 2.45) is 0 Å². The maximum absolute atomic E-state index is 11.8. The zero-order chi connectivity index (χ0) is 51.3. The van der Waals surface area contributed by atoms with E-state index < -0.39 is 0 Å². The van der Waals surface area contributed by atoms with Crippen LogP contribution in [0.5, 0.6) is 0 Å². The molecule has 2 unspecified atom stereocenters. The average molecular weight is 985 g/mol. The number of carbonyl (C=O) groups is 4. The molecule has 14 heteroatoms. The van der Waals surface area contributed by atoms with Crippen LogP contribution in [0.2, 0.25) is 0 Å². The van der Waals surface area contributed by atoms with Gasteiger partial charge in [-0.05, 0) is 98.8 Å². The monoisotopic (exact) mass is 985 g/mol. The van der Waals surface area contributed by atoms with Crippen molar-refractivity contribution in [3.63, 3.8) is 0 Å². The van der Waals surface area contributed by atoms with Crippen molar-refractivity contribution in [1.82, 2.24) is 9.80 Å². The Hall–Kier alpha value is -2.88. The molecule has 0 aliphatic rings. The second kappa shape index (κ2) is 54.5. The summed E-state index contributed by atoms with van der Waals surface area (Å²) >= 11 is 0. The van der Waals surface area contributed by atoms with Gasteiger partial charge in [0.2, 0.25) is 0 Å². The third-order valence-electron chi connectivity index (χ3n) is 11.5. The summed E-state index contributed by atoms with van der Waals surface area (Å²) in [6.07, 6.45) is 35.3. The Morgan fingerprint density at radius 3 is 1.06 bits per heavy atom. The smallest absolute Gasteiger partial charge is 0.306 e. The summed E-state index contributed by atoms with van der Waals surface area (Å²) in [5.41, 5.74) is 0. The van der Waals surface area contributed by atoms with E-state index in [9.17, 15) is 19.2 Å². The Bertz CT molecular complexity index is 1210. The highest BCUT2D eigenvalue weighted by atomic mass is 16.5. The second-order valence-corrected chi connectivity index (χ2v) is 18.3. The highest BCUT2D eigenvalue weighted by Gasteiger charge is 2.14. The fourth-order valence-electron chi connectivity index (χ4n) is 6.75. The van der Waals surface area contributed by atoms with Gasteiger partial charge in [-0.3, -0.25) is 19.2 Å². The summed E-state index contributed by atoms with van der Waals surface area (Å²) in [5, 5.41) is 0. The highest BCUT2D eigenvalue weighted by molar-refractivity contribution is 5.70. The normalized spacial score (nSPS) is 12.4. The Morgan fingerprint density at radius 2 is 0.681 bits per heavy atom. The predicted octanol–water partition coefficient (Wildman–Crippen LogP) is 11.0. The molecular formula is C55H104N2O12. The standard InChI is InChI=1S/C28H53NO6.C27H51NO6/c1-5-6-7-8-9-10-11-12-17-23-35-28(31)20-14-13-16-21-33-24-26(29(2)3)25-34-22-18-15-19-27(30)32-4;1-5-6-7-8-9-10-11-12-16-22-34-27(30)18-14-13-15-20-32-23-25(28(2)3)24-33-21-17-19-26(29)31-4/h12,17,26H,5-11,13-16,18-25H2,1-4H3;12,16,25H,5-11,13-15,17-24H2,1-4H3/b17-12-;16-12-. The van der Waals surface area contributed by atoms with Crippen molar-refractivity contribution in [3.8, 4) is 0 Å². The zero-order valence-electron chi connectivity index (χ0n) is 45.4. The first-order chi connectivity index (χ1) is 33.5. The molecule has 0 aliphatic carbocycles. The minimum absolute atomic E-state index is 0.119. The molecule has 0 aliphatic heterocycles. The van der Waals surface area contributed by atoms with Gasteiger partial charge in [-0.2, -0.15) is 0 Å². The molecule has 406 valence electrons. The van der Waals surface area contributed by atoms with Crippen LogP contribution in [0.15, 0.2) is 24.3 Å². The number of allylic oxidation sites excluding steroid dienone is 2. The van der Waals surface area contributed by atoms with E-state index in [4.69, 9.17) is 28.4 Å². The molecule has 0 spiro atoms. The van der Waals surface area contributed by atoms with Crippen LogP contribution < -0.4 is 0 Å². The molecule has 0 aromatic rings. The number of rotatable bonds is 49. The first-order valence-corrected chi connectivity index (χ1v) is 26.9. The van der Waals surface area contributed by atoms with Crippen LogP contribution in [0.25, 0.3) is 0 Å². The Labute approximate surface area is 421 Å². The number of hydrogen-bond donors (Lipinski definition) is 0. The van der Waals surface area contributed by atoms with Crippen molar-refractivity contribution in [3.05, 3.63) is 24.3 Å². The predicted molar refractivity (Wildman–Crippen MR) is 278 cm³/mol. The third-order valence-corrected chi connectivity index (χ3v) is 11.5. The van der Waals surface area contributed by atoms with Gasteiger partial charge in [0, 0.05) is 52.1 Å². The fourth-order valence-corrected chi connectivity index (χ4v) is 6.75. The maximum atomic E-state index is 11.8. The Balaban J connectivity index is 0. The molecule has 0 aromatic heterocycles. The van der Waals surface area contributed by atoms with Crippen LogP contribution in [0.4, 0.5) is 0 Å². The number of nitrogens with zero attached hydrogens (tertiary/aromatic N) is 2. The number of unbranched alkanes of at least 4 members (excludes halogenated alkanes) is 17. The number of methoxy groups -OCH3 is 2. The summed E-state index contributed by atoms with van der Waals surface area (Å²) in [6.45, 7) is 10.1. The van der Waals surface area contributed by atoms with Crippen molar-refractivity contribution in [2.75, 3.05) is 108 Å². The SMILES string of the molecule is CCCCCCCC/C=C\COC(=O)CCCCCOCC(COCCCC(=O)OC)N(C)C.CCCCCCCC/C=C\COC(=O)CCCCCOCC(COCCCCC(=O)OC)N(C)C. The molecule has 0 saturated heterocycles. The fraction of sp³-hybridized carbons (Fsp3) is 0.855. The van der Waals surface area contributed by atoms with E-state index in [2.05, 4.69) is 45.3 Å². The van der Waals surface area contributed by atoms with Gasteiger partial charge < -0.3 is 47.7 Å². The van der Waals surface area contributed by atoms with Gasteiger partial charge in [0.05, 0.1) is 52.7 Å². The second-order valence-electron chi connectivity index (χ2n) is 18.3. The summed E-state index contributed by atoms with van der Waals surface area (Å²) in [4.78, 5) is 50.0. The van der Waals surface area contributed by atoms with Crippen molar-refractivity contribution >= 4 is 23.9 Å². The Morgan fingerprint density at radius 1 is 0.377 bits per heavy atom. The average Bonchev–Trinajstić information content (AvgIpc) is 3.33. The summed E-state index contributed by atoms with van der Waals surface area (Å²) < 4.78 is 42.8. The maximum Gasteiger partial charge on any atom is 0.306 e. The van der Waals surface area contributed by atoms with E-state index in [0.29, 0.717) is 98.2 Å². The van der Waals surface area contributed by atoms with E-state index in [0.717, 1.165) is 64.2 Å². The highest BCUT2D eigenvalue weighted by Crippen LogP contribution is 2.10. The van der Waals surface area contributed by atoms with Gasteiger partial charge >= 0.3 is 23.9 Å². The first kappa shape index (κ1) is 68.2. The van der Waals surface area contributed by atoms with Gasteiger partial charge in [-0.25, -0.2) is 0 Å². The zero-order valence-corrected chi connectivity index (χ0v) is 45.4. The van der Waals surface area contributed by atoms with Crippen LogP contribution >= 0.6 is 0 Å². The van der Waals surface area contributed by atoms with E-state index in [-0.39, 0.29) is 36.0 Å². The minimum Gasteiger partial charge on any atom is -0.469 e. The van der Waals surface area contributed by atoms with Crippen LogP contribution in [0.1, 0.15) is 187 Å². The third kappa shape index (κ3) is 52.8. The summed E-state index contributed by atoms with van der Waals surface area (Å²) in [7, 11) is 10.8. The molecule has 0 radical (unpaired) electrons. The lowest BCUT2D eigenvalue weighted by Crippen LogP contribution is -2.37. The molecule has 0 heterocycles. The van der Waals surface area contributed by atoms with Gasteiger partial charge in [0.25, 0.3) is 0 Å². The van der Waals surface area contributed by atoms with Crippen LogP contribution in [0, 0.1) is 0 Å². The number of carbonyl (C=O) groups excluding carboxylic acids is 4. The molecule has 0 aromatic carbocycles. The lowest BCUT2D eigenvalue weighted by Gasteiger charge is -2.24. The molecule has 69 heavy (non-hydrogen) atoms. The van der Waals surface area contributed by atoms with E-state index in [1.54, 1.807) is 0 Å². The van der Waals surface area contributed by atoms with Crippen molar-refractivity contribution in [1.29, 1.82) is 0 Å². The van der Waals surface area contributed by atoms with E-state index >= 15 is 0 Å². The quantitative estimate of drug-likeness (QED) is 0.0246. The molecule has 14 nitrogen and oxygen atoms in total. The lowest BCUT2D eigenvalue weighted by molar-refractivity contribution is -0.143. The van der Waals surface area contributed by atoms with Crippen LogP contribution in [0.3, 0.4) is 0 Å². The number of ether oxygens (including phenoxy) is 8. The molecule has 0 fully saturated rings. The molecule has 0 saturated carbocycles. The van der Waals surface area contributed by atoms with Crippen molar-refractivity contribution in [2.45, 2.75) is 199 Å². The summed E-state index contributed by atoms with van der Waals surface area (Å²) in [6, 6.07) is 0.363. The van der Waals surface area contributed by atoms with E-state index in [1.165, 1.54) is 91.3 Å². The number of hydrogen-bond acceptors (Lipinski definition) is 14. The van der Waals surface area contributed by atoms with Gasteiger partial charge in [0.1, 0.15) is 13.2 Å². The number of likely N-dealkylation sites (N-methyl/N-ethyl adjacent to an activating group) is 2. The molecule has 0 bridgehead atoms. The molecule has 2 atom stereocenters. The minimum atomic E-state index is -0.208. The molecule has 0 N–H and O–H groups in total. The van der Waals surface area contributed by atoms with Crippen LogP contribution in [-0.2, 0) is 57.1 Å². The summed E-state index contributed by atoms with van der Waals surface area (Å²) in [5.74, 6) is -0.624. The van der Waals surface area contributed by atoms with E-state index in [1.807, 2.05) is 40.3 Å². The largest absolute Gasteiger partial charge is 0.469 e. The van der Waals surface area contributed by atoms with Crippen LogP contribution in [-0.4, -0.2) is 154 Å². The first-order valence-electron chi connectivity index (χ1n) is 26.9. The Kier molecular flexibility index (Phi) is 53.8. The molecule has 0 rings (SSSR count). The lowest BCUT2D eigenvalue weighted by atomic mass is 10.1. The van der Waals surface area contributed by atoms with Crippen molar-refractivity contribution < 1.29 is 57.1 Å². The van der Waals surface area contributed by atoms with Gasteiger partial charge in [-0.1, -0.05) is 115 Å². The van der Waals surface area contributed by atoms with Gasteiger partial charge in [0.15, 0.2) is 0 Å².